The Hall–Kier alpha value is -0.290. The predicted octanol–water partition coefficient (Wildman–Crippen LogP) is 2.03. The van der Waals surface area contributed by atoms with E-state index in [-0.39, 0.29) is 0 Å². The molecule has 0 spiro atoms. The summed E-state index contributed by atoms with van der Waals surface area (Å²) >= 11 is 0. The molecule has 1 heterocycles. The Morgan fingerprint density at radius 3 is 2.86 bits per heavy atom. The number of hydrogen-bond acceptors (Lipinski definition) is 1. The summed E-state index contributed by atoms with van der Waals surface area (Å²) in [5, 5.41) is 0. The number of allylic oxidation sites excluding steroid dienone is 2. The highest BCUT2D eigenvalue weighted by molar-refractivity contribution is 7.36. The van der Waals surface area contributed by atoms with E-state index in [0.29, 0.717) is 8.81 Å². The molecular weight excluding hydrogens is 107 g/mol. The Balaban J connectivity index is 2.58. The third-order valence-corrected chi connectivity index (χ3v) is 1.60. The lowest BCUT2D eigenvalue weighted by Gasteiger charge is -1.99. The summed E-state index contributed by atoms with van der Waals surface area (Å²) in [6.07, 6.45) is 3.68. The molecule has 0 saturated heterocycles. The van der Waals surface area contributed by atoms with Gasteiger partial charge in [-0.1, -0.05) is 0 Å². The highest BCUT2D eigenvalue weighted by atomic mass is 31.1. The smallest absolute Gasteiger partial charge is 0.0965 e. The second-order valence-electron chi connectivity index (χ2n) is 1.43. The maximum atomic E-state index is 4.91. The van der Waals surface area contributed by atoms with E-state index >= 15 is 0 Å². The van der Waals surface area contributed by atoms with E-state index in [1.54, 1.807) is 6.26 Å². The van der Waals surface area contributed by atoms with E-state index in [2.05, 4.69) is 12.7 Å². The fraction of sp³-hybridized carbons (Fsp3) is 0.200. The fourth-order valence-corrected chi connectivity index (χ4v) is 0.852. The van der Waals surface area contributed by atoms with Crippen LogP contribution in [0.25, 0.3) is 0 Å². The Morgan fingerprint density at radius 1 is 1.71 bits per heavy atom. The van der Waals surface area contributed by atoms with Crippen molar-refractivity contribution in [2.24, 2.45) is 0 Å². The van der Waals surface area contributed by atoms with E-state index < -0.39 is 0 Å². The normalized spacial score (nSPS) is 21.6. The van der Waals surface area contributed by atoms with Crippen LogP contribution in [0.5, 0.6) is 0 Å². The van der Waals surface area contributed by atoms with Gasteiger partial charge in [-0.2, -0.15) is 0 Å². The zero-order valence-electron chi connectivity index (χ0n) is 4.14. The van der Waals surface area contributed by atoms with E-state index in [1.165, 1.54) is 5.57 Å². The molecule has 0 saturated carbocycles. The quantitative estimate of drug-likeness (QED) is 0.438. The molecular formula is C5H7OP. The molecule has 0 fully saturated rings. The van der Waals surface area contributed by atoms with Crippen molar-refractivity contribution in [2.45, 2.75) is 6.92 Å². The fourth-order valence-electron chi connectivity index (χ4n) is 0.356. The van der Waals surface area contributed by atoms with Crippen molar-refractivity contribution in [3.05, 3.63) is 23.7 Å². The molecule has 0 N–H and O–H groups in total. The zero-order chi connectivity index (χ0) is 5.11. The average molecular weight is 114 g/mol. The summed E-state index contributed by atoms with van der Waals surface area (Å²) in [7, 11) is 0.533. The molecule has 1 nitrogen and oxygen atoms in total. The maximum absolute atomic E-state index is 4.91. The molecule has 0 amide bonds. The van der Waals surface area contributed by atoms with E-state index in [0.717, 1.165) is 0 Å². The van der Waals surface area contributed by atoms with Crippen LogP contribution in [0.4, 0.5) is 0 Å². The van der Waals surface area contributed by atoms with Crippen molar-refractivity contribution in [3.63, 3.8) is 0 Å². The van der Waals surface area contributed by atoms with Gasteiger partial charge in [0.2, 0.25) is 0 Å². The Kier molecular flexibility index (Phi) is 1.48. The van der Waals surface area contributed by atoms with Crippen LogP contribution in [0.15, 0.2) is 23.7 Å². The first-order valence-electron chi connectivity index (χ1n) is 2.14. The topological polar surface area (TPSA) is 9.23 Å². The average Bonchev–Trinajstić information content (AvgIpc) is 1.69. The number of rotatable bonds is 0. The van der Waals surface area contributed by atoms with Crippen molar-refractivity contribution < 1.29 is 4.52 Å². The first-order chi connectivity index (χ1) is 3.39. The molecule has 0 aromatic rings. The van der Waals surface area contributed by atoms with Crippen LogP contribution in [0, 0.1) is 0 Å². The standard InChI is InChI=1S/C5H7OP/c1-5-2-3-6-7-4-5/h2-4,7H,1H3. The van der Waals surface area contributed by atoms with Gasteiger partial charge in [0, 0.05) is 0 Å². The Labute approximate surface area is 44.9 Å². The van der Waals surface area contributed by atoms with Crippen LogP contribution in [0.1, 0.15) is 6.92 Å². The SMILES string of the molecule is CC1=CPOC=C1. The third-order valence-electron chi connectivity index (χ3n) is 0.754. The van der Waals surface area contributed by atoms with Crippen LogP contribution in [-0.2, 0) is 4.52 Å². The minimum atomic E-state index is 0.533. The molecule has 0 aromatic carbocycles. The van der Waals surface area contributed by atoms with Crippen LogP contribution in [0.2, 0.25) is 0 Å². The highest BCUT2D eigenvalue weighted by Crippen LogP contribution is 2.21. The lowest BCUT2D eigenvalue weighted by molar-refractivity contribution is 0.553. The molecule has 1 rings (SSSR count). The van der Waals surface area contributed by atoms with Crippen molar-refractivity contribution in [2.75, 3.05) is 0 Å². The Bertz CT molecular complexity index is 115. The molecule has 0 bridgehead atoms. The van der Waals surface area contributed by atoms with Crippen molar-refractivity contribution in [1.29, 1.82) is 0 Å². The number of hydrogen-bond donors (Lipinski definition) is 0. The van der Waals surface area contributed by atoms with E-state index in [1.807, 2.05) is 6.08 Å². The summed E-state index contributed by atoms with van der Waals surface area (Å²) in [6, 6.07) is 0. The van der Waals surface area contributed by atoms with Gasteiger partial charge >= 0.3 is 0 Å². The van der Waals surface area contributed by atoms with Crippen molar-refractivity contribution in [3.8, 4) is 0 Å². The molecule has 0 radical (unpaired) electrons. The molecule has 1 aliphatic heterocycles. The highest BCUT2D eigenvalue weighted by Gasteiger charge is 1.86. The van der Waals surface area contributed by atoms with Gasteiger partial charge in [0.15, 0.2) is 0 Å². The second kappa shape index (κ2) is 2.13. The molecule has 38 valence electrons. The monoisotopic (exact) mass is 114 g/mol. The molecule has 1 aliphatic rings. The zero-order valence-corrected chi connectivity index (χ0v) is 5.14. The first-order valence-corrected chi connectivity index (χ1v) is 3.12. The minimum absolute atomic E-state index is 0.533. The van der Waals surface area contributed by atoms with Gasteiger partial charge in [0.1, 0.15) is 0 Å². The van der Waals surface area contributed by atoms with Crippen molar-refractivity contribution >= 4 is 8.81 Å². The molecule has 0 aromatic heterocycles. The van der Waals surface area contributed by atoms with E-state index in [9.17, 15) is 0 Å². The molecule has 1 unspecified atom stereocenters. The molecule has 1 atom stereocenters. The van der Waals surface area contributed by atoms with Crippen LogP contribution < -0.4 is 0 Å². The Morgan fingerprint density at radius 2 is 2.57 bits per heavy atom. The summed E-state index contributed by atoms with van der Waals surface area (Å²) in [5.41, 5.74) is 1.30. The van der Waals surface area contributed by atoms with Crippen molar-refractivity contribution in [1.82, 2.24) is 0 Å². The molecule has 0 aliphatic carbocycles. The van der Waals surface area contributed by atoms with Gasteiger partial charge in [-0.25, -0.2) is 0 Å². The van der Waals surface area contributed by atoms with Gasteiger partial charge in [-0.3, -0.25) is 0 Å². The minimum Gasteiger partial charge on any atom is -0.481 e. The van der Waals surface area contributed by atoms with E-state index in [4.69, 9.17) is 4.52 Å². The lowest BCUT2D eigenvalue weighted by atomic mass is 10.3. The lowest BCUT2D eigenvalue weighted by Crippen LogP contribution is -1.70. The summed E-state index contributed by atoms with van der Waals surface area (Å²) in [4.78, 5) is 0. The predicted molar refractivity (Wildman–Crippen MR) is 32.3 cm³/mol. The largest absolute Gasteiger partial charge is 0.481 e. The van der Waals surface area contributed by atoms with Crippen LogP contribution in [-0.4, -0.2) is 0 Å². The second-order valence-corrected chi connectivity index (χ2v) is 2.19. The molecule has 7 heavy (non-hydrogen) atoms. The molecule has 2 heteroatoms. The summed E-state index contributed by atoms with van der Waals surface area (Å²) in [6.45, 7) is 2.06. The van der Waals surface area contributed by atoms with Crippen LogP contribution >= 0.6 is 8.81 Å². The van der Waals surface area contributed by atoms with Gasteiger partial charge in [-0.05, 0) is 24.4 Å². The van der Waals surface area contributed by atoms with Gasteiger partial charge < -0.3 is 4.52 Å². The third kappa shape index (κ3) is 1.32. The maximum Gasteiger partial charge on any atom is 0.0965 e. The summed E-state index contributed by atoms with van der Waals surface area (Å²) < 4.78 is 4.91. The first kappa shape index (κ1) is 4.86. The summed E-state index contributed by atoms with van der Waals surface area (Å²) in [5.74, 6) is 2.07. The van der Waals surface area contributed by atoms with Crippen LogP contribution in [0.3, 0.4) is 0 Å². The van der Waals surface area contributed by atoms with Gasteiger partial charge in [-0.15, -0.1) is 0 Å². The van der Waals surface area contributed by atoms with Gasteiger partial charge in [0.05, 0.1) is 15.1 Å². The van der Waals surface area contributed by atoms with Gasteiger partial charge in [0.25, 0.3) is 0 Å².